The van der Waals surface area contributed by atoms with E-state index in [1.165, 1.54) is 19.3 Å². The highest BCUT2D eigenvalue weighted by atomic mass is 127. The standard InChI is InChI=1S/C18H34N6O.HI/c1-3-19-18(20-12-7-9-15-25-4-2)21-13-11-17-23-22-16-10-6-5-8-14-24(16)17;/h3-15H2,1-2H3,(H2,19,20,21);1H. The average molecular weight is 478 g/mol. The van der Waals surface area contributed by atoms with Crippen molar-refractivity contribution in [1.29, 1.82) is 0 Å². The molecule has 0 radical (unpaired) electrons. The van der Waals surface area contributed by atoms with Crippen molar-refractivity contribution >= 4 is 29.9 Å². The number of hydrogen-bond donors (Lipinski definition) is 2. The summed E-state index contributed by atoms with van der Waals surface area (Å²) in [5, 5.41) is 15.5. The van der Waals surface area contributed by atoms with Gasteiger partial charge in [-0.05, 0) is 39.5 Å². The Kier molecular flexibility index (Phi) is 12.6. The van der Waals surface area contributed by atoms with Crippen LogP contribution in [0, 0.1) is 0 Å². The van der Waals surface area contributed by atoms with E-state index >= 15 is 0 Å². The minimum Gasteiger partial charge on any atom is -0.382 e. The Morgan fingerprint density at radius 1 is 1.15 bits per heavy atom. The van der Waals surface area contributed by atoms with Gasteiger partial charge in [-0.25, -0.2) is 0 Å². The zero-order chi connectivity index (χ0) is 17.7. The fraction of sp³-hybridized carbons (Fsp3) is 0.833. The number of ether oxygens (including phenoxy) is 1. The maximum Gasteiger partial charge on any atom is 0.191 e. The van der Waals surface area contributed by atoms with E-state index in [9.17, 15) is 0 Å². The van der Waals surface area contributed by atoms with Crippen LogP contribution in [0.1, 0.15) is 57.6 Å². The van der Waals surface area contributed by atoms with Crippen LogP contribution in [0.4, 0.5) is 0 Å². The molecule has 1 aromatic heterocycles. The van der Waals surface area contributed by atoms with Crippen LogP contribution in [-0.2, 0) is 24.1 Å². The van der Waals surface area contributed by atoms with Gasteiger partial charge in [-0.2, -0.15) is 0 Å². The maximum atomic E-state index is 5.35. The molecule has 0 fully saturated rings. The van der Waals surface area contributed by atoms with Crippen LogP contribution in [-0.4, -0.2) is 53.6 Å². The van der Waals surface area contributed by atoms with Gasteiger partial charge in [0.1, 0.15) is 11.6 Å². The summed E-state index contributed by atoms with van der Waals surface area (Å²) in [5.41, 5.74) is 0. The second-order valence-corrected chi connectivity index (χ2v) is 6.34. The fourth-order valence-electron chi connectivity index (χ4n) is 3.02. The molecule has 150 valence electrons. The molecule has 2 rings (SSSR count). The summed E-state index contributed by atoms with van der Waals surface area (Å²) >= 11 is 0. The molecule has 1 aromatic rings. The lowest BCUT2D eigenvalue weighted by atomic mass is 10.2. The van der Waals surface area contributed by atoms with E-state index in [2.05, 4.69) is 37.3 Å². The van der Waals surface area contributed by atoms with Crippen LogP contribution in [0.15, 0.2) is 4.99 Å². The molecule has 0 amide bonds. The molecule has 1 aliphatic heterocycles. The molecule has 0 aliphatic carbocycles. The molecule has 0 atom stereocenters. The van der Waals surface area contributed by atoms with E-state index in [0.29, 0.717) is 0 Å². The van der Waals surface area contributed by atoms with Crippen molar-refractivity contribution in [3.8, 4) is 0 Å². The molecule has 8 heteroatoms. The van der Waals surface area contributed by atoms with Gasteiger partial charge in [0.15, 0.2) is 5.96 Å². The monoisotopic (exact) mass is 478 g/mol. The van der Waals surface area contributed by atoms with Gasteiger partial charge in [0.25, 0.3) is 0 Å². The van der Waals surface area contributed by atoms with Crippen LogP contribution in [0.5, 0.6) is 0 Å². The molecular weight excluding hydrogens is 443 g/mol. The Morgan fingerprint density at radius 2 is 2.04 bits per heavy atom. The molecule has 0 unspecified atom stereocenters. The van der Waals surface area contributed by atoms with Crippen molar-refractivity contribution in [2.45, 2.75) is 65.3 Å². The van der Waals surface area contributed by atoms with Crippen molar-refractivity contribution in [2.75, 3.05) is 32.8 Å². The number of aromatic nitrogens is 3. The topological polar surface area (TPSA) is 76.4 Å². The minimum absolute atomic E-state index is 0. The third-order valence-corrected chi connectivity index (χ3v) is 4.34. The molecule has 26 heavy (non-hydrogen) atoms. The Labute approximate surface area is 174 Å². The van der Waals surface area contributed by atoms with Crippen LogP contribution in [0.3, 0.4) is 0 Å². The average Bonchev–Trinajstić information content (AvgIpc) is 2.85. The Bertz CT molecular complexity index is 520. The third-order valence-electron chi connectivity index (χ3n) is 4.34. The van der Waals surface area contributed by atoms with Crippen molar-refractivity contribution in [3.63, 3.8) is 0 Å². The molecule has 0 aromatic carbocycles. The third kappa shape index (κ3) is 8.20. The van der Waals surface area contributed by atoms with Gasteiger partial charge < -0.3 is 19.9 Å². The molecule has 0 spiro atoms. The van der Waals surface area contributed by atoms with Crippen molar-refractivity contribution in [1.82, 2.24) is 25.4 Å². The van der Waals surface area contributed by atoms with Gasteiger partial charge in [0.2, 0.25) is 0 Å². The Morgan fingerprint density at radius 3 is 2.85 bits per heavy atom. The van der Waals surface area contributed by atoms with Crippen molar-refractivity contribution < 1.29 is 4.74 Å². The first-order valence-electron chi connectivity index (χ1n) is 9.86. The lowest BCUT2D eigenvalue weighted by molar-refractivity contribution is 0.144. The molecule has 0 bridgehead atoms. The van der Waals surface area contributed by atoms with Gasteiger partial charge in [-0.1, -0.05) is 6.42 Å². The van der Waals surface area contributed by atoms with Gasteiger partial charge in [-0.3, -0.25) is 4.99 Å². The lowest BCUT2D eigenvalue weighted by Gasteiger charge is -2.12. The predicted molar refractivity (Wildman–Crippen MR) is 116 cm³/mol. The van der Waals surface area contributed by atoms with Crippen LogP contribution < -0.4 is 10.6 Å². The zero-order valence-electron chi connectivity index (χ0n) is 16.3. The second kappa shape index (κ2) is 14.2. The minimum atomic E-state index is 0. The summed E-state index contributed by atoms with van der Waals surface area (Å²) < 4.78 is 7.67. The number of aliphatic imine (C=N–C) groups is 1. The first-order chi connectivity index (χ1) is 12.3. The molecular formula is C18H35IN6O. The SMILES string of the molecule is CCNC(=NCCCCOCC)NCCc1nnc2n1CCCCC2.I. The molecule has 2 heterocycles. The number of halogens is 1. The quantitative estimate of drug-likeness (QED) is 0.234. The van der Waals surface area contributed by atoms with Gasteiger partial charge in [0, 0.05) is 52.2 Å². The Hall–Kier alpha value is -0.900. The first-order valence-corrected chi connectivity index (χ1v) is 9.86. The number of fused-ring (bicyclic) bond motifs is 1. The van der Waals surface area contributed by atoms with E-state index in [0.717, 1.165) is 82.7 Å². The lowest BCUT2D eigenvalue weighted by Crippen LogP contribution is -2.38. The van der Waals surface area contributed by atoms with E-state index in [1.807, 2.05) is 6.92 Å². The summed E-state index contributed by atoms with van der Waals surface area (Å²) in [5.74, 6) is 3.13. The number of hydrogen-bond acceptors (Lipinski definition) is 4. The largest absolute Gasteiger partial charge is 0.382 e. The molecule has 0 saturated heterocycles. The smallest absolute Gasteiger partial charge is 0.191 e. The summed E-state index contributed by atoms with van der Waals surface area (Å²) in [4.78, 5) is 4.63. The zero-order valence-corrected chi connectivity index (χ0v) is 18.6. The number of rotatable bonds is 10. The van der Waals surface area contributed by atoms with E-state index in [1.54, 1.807) is 0 Å². The molecule has 0 saturated carbocycles. The summed E-state index contributed by atoms with van der Waals surface area (Å²) in [7, 11) is 0. The van der Waals surface area contributed by atoms with E-state index in [-0.39, 0.29) is 24.0 Å². The molecule has 2 N–H and O–H groups in total. The normalized spacial score (nSPS) is 14.3. The van der Waals surface area contributed by atoms with Crippen molar-refractivity contribution in [2.24, 2.45) is 4.99 Å². The maximum absolute atomic E-state index is 5.35. The number of nitrogens with zero attached hydrogens (tertiary/aromatic N) is 4. The molecule has 1 aliphatic rings. The number of nitrogens with one attached hydrogen (secondary N) is 2. The van der Waals surface area contributed by atoms with Gasteiger partial charge in [-0.15, -0.1) is 34.2 Å². The first kappa shape index (κ1) is 23.1. The highest BCUT2D eigenvalue weighted by Crippen LogP contribution is 2.14. The number of unbranched alkanes of at least 4 members (excludes halogenated alkanes) is 1. The van der Waals surface area contributed by atoms with E-state index in [4.69, 9.17) is 4.74 Å². The van der Waals surface area contributed by atoms with Crippen molar-refractivity contribution in [3.05, 3.63) is 11.6 Å². The summed E-state index contributed by atoms with van der Waals surface area (Å²) in [6.07, 6.45) is 7.81. The van der Waals surface area contributed by atoms with Gasteiger partial charge >= 0.3 is 0 Å². The van der Waals surface area contributed by atoms with Crippen LogP contribution in [0.25, 0.3) is 0 Å². The van der Waals surface area contributed by atoms with Crippen LogP contribution in [0.2, 0.25) is 0 Å². The van der Waals surface area contributed by atoms with Gasteiger partial charge in [0.05, 0.1) is 0 Å². The summed E-state index contributed by atoms with van der Waals surface area (Å²) in [6, 6.07) is 0. The molecule has 7 nitrogen and oxygen atoms in total. The predicted octanol–water partition coefficient (Wildman–Crippen LogP) is 2.54. The van der Waals surface area contributed by atoms with Crippen LogP contribution >= 0.6 is 24.0 Å². The second-order valence-electron chi connectivity index (χ2n) is 6.34. The number of guanidine groups is 1. The highest BCUT2D eigenvalue weighted by Gasteiger charge is 2.14. The number of aryl methyl sites for hydroxylation is 1. The Balaban J connectivity index is 0.00000338. The fourth-order valence-corrected chi connectivity index (χ4v) is 3.02. The van der Waals surface area contributed by atoms with E-state index < -0.39 is 0 Å². The summed E-state index contributed by atoms with van der Waals surface area (Å²) in [6.45, 7) is 9.31. The highest BCUT2D eigenvalue weighted by molar-refractivity contribution is 14.0.